The van der Waals surface area contributed by atoms with Gasteiger partial charge in [-0.15, -0.1) is 36.2 Å². The molecule has 1 aromatic carbocycles. The molecule has 0 heterocycles. The van der Waals surface area contributed by atoms with Gasteiger partial charge in [0.25, 0.3) is 0 Å². The quantitative estimate of drug-likeness (QED) is 0.453. The fraction of sp³-hybridized carbons (Fsp3) is 0.250. The molecule has 1 aromatic rings. The molecule has 1 rings (SSSR count). The number of thiol groups is 1. The summed E-state index contributed by atoms with van der Waals surface area (Å²) < 4.78 is 0. The lowest BCUT2D eigenvalue weighted by Gasteiger charge is -2.07. The largest absolute Gasteiger partial charge is 0.398 e. The molecule has 0 aliphatic carbocycles. The van der Waals surface area contributed by atoms with E-state index in [0.717, 1.165) is 15.5 Å². The van der Waals surface area contributed by atoms with Crippen molar-refractivity contribution in [1.82, 2.24) is 0 Å². The molecule has 1 nitrogen and oxygen atoms in total. The predicted octanol–water partition coefficient (Wildman–Crippen LogP) is 3.00. The van der Waals surface area contributed by atoms with E-state index in [1.54, 1.807) is 23.5 Å². The van der Waals surface area contributed by atoms with E-state index in [-0.39, 0.29) is 0 Å². The molecule has 12 heavy (non-hydrogen) atoms. The summed E-state index contributed by atoms with van der Waals surface area (Å²) in [6.45, 7) is 0. The highest BCUT2D eigenvalue weighted by molar-refractivity contribution is 7.99. The van der Waals surface area contributed by atoms with E-state index < -0.39 is 0 Å². The summed E-state index contributed by atoms with van der Waals surface area (Å²) in [5.41, 5.74) is 6.59. The Hall–Kier alpha value is 0.0700. The number of benzene rings is 1. The number of nitrogen functional groups attached to an aromatic ring is 1. The van der Waals surface area contributed by atoms with Crippen LogP contribution in [0.1, 0.15) is 0 Å². The van der Waals surface area contributed by atoms with Crippen LogP contribution >= 0.6 is 36.2 Å². The molecule has 0 radical (unpaired) electrons. The first-order valence-corrected chi connectivity index (χ1v) is 6.29. The topological polar surface area (TPSA) is 26.0 Å². The third kappa shape index (κ3) is 2.06. The number of hydrogen-bond donors (Lipinski definition) is 2. The van der Waals surface area contributed by atoms with Crippen LogP contribution in [0.4, 0.5) is 5.69 Å². The number of thioether (sulfide) groups is 2. The molecule has 0 fully saturated rings. The van der Waals surface area contributed by atoms with Crippen LogP contribution in [0.25, 0.3) is 0 Å². The summed E-state index contributed by atoms with van der Waals surface area (Å²) in [6, 6.07) is 3.98. The zero-order valence-corrected chi connectivity index (χ0v) is 9.52. The minimum atomic E-state index is 0.810. The average Bonchev–Trinajstić information content (AvgIpc) is 2.05. The van der Waals surface area contributed by atoms with Crippen molar-refractivity contribution in [2.24, 2.45) is 0 Å². The van der Waals surface area contributed by atoms with Crippen LogP contribution in [-0.2, 0) is 0 Å². The maximum atomic E-state index is 5.78. The first-order valence-electron chi connectivity index (χ1n) is 3.39. The van der Waals surface area contributed by atoms with Crippen LogP contribution in [0.5, 0.6) is 0 Å². The highest BCUT2D eigenvalue weighted by atomic mass is 32.2. The molecular weight excluding hydrogens is 206 g/mol. The molecule has 0 aromatic heterocycles. The molecule has 0 aliphatic rings. The first-order chi connectivity index (χ1) is 5.69. The van der Waals surface area contributed by atoms with Crippen molar-refractivity contribution in [2.45, 2.75) is 14.7 Å². The van der Waals surface area contributed by atoms with E-state index in [1.165, 1.54) is 4.90 Å². The highest BCUT2D eigenvalue weighted by Crippen LogP contribution is 2.32. The fourth-order valence-electron chi connectivity index (χ4n) is 0.906. The van der Waals surface area contributed by atoms with Crippen molar-refractivity contribution >= 4 is 41.8 Å². The summed E-state index contributed by atoms with van der Waals surface area (Å²) >= 11 is 7.67. The van der Waals surface area contributed by atoms with E-state index in [0.29, 0.717) is 0 Å². The maximum Gasteiger partial charge on any atom is 0.0464 e. The lowest BCUT2D eigenvalue weighted by Crippen LogP contribution is -1.89. The summed E-state index contributed by atoms with van der Waals surface area (Å²) in [7, 11) is 0. The Bertz CT molecular complexity index is 261. The van der Waals surface area contributed by atoms with Gasteiger partial charge in [-0.05, 0) is 24.6 Å². The third-order valence-electron chi connectivity index (χ3n) is 1.53. The SMILES string of the molecule is CSc1cc(SC)c(S)cc1N. The molecule has 0 saturated carbocycles. The Morgan fingerprint density at radius 2 is 1.75 bits per heavy atom. The number of nitrogens with two attached hydrogens (primary N) is 1. The Balaban J connectivity index is 3.18. The number of rotatable bonds is 2. The zero-order valence-electron chi connectivity index (χ0n) is 7.00. The zero-order chi connectivity index (χ0) is 9.14. The second-order valence-corrected chi connectivity index (χ2v) is 4.44. The van der Waals surface area contributed by atoms with Crippen LogP contribution in [0.15, 0.2) is 26.8 Å². The van der Waals surface area contributed by atoms with Crippen LogP contribution in [0.2, 0.25) is 0 Å². The maximum absolute atomic E-state index is 5.78. The van der Waals surface area contributed by atoms with Crippen LogP contribution in [-0.4, -0.2) is 12.5 Å². The molecule has 0 unspecified atom stereocenters. The van der Waals surface area contributed by atoms with Gasteiger partial charge in [-0.25, -0.2) is 0 Å². The van der Waals surface area contributed by atoms with Crippen molar-refractivity contribution < 1.29 is 0 Å². The lowest BCUT2D eigenvalue weighted by atomic mass is 10.3. The summed E-state index contributed by atoms with van der Waals surface area (Å²) in [6.07, 6.45) is 4.06. The van der Waals surface area contributed by atoms with Gasteiger partial charge >= 0.3 is 0 Å². The molecule has 0 spiro atoms. The Kier molecular flexibility index (Phi) is 3.68. The van der Waals surface area contributed by atoms with Gasteiger partial charge in [-0.3, -0.25) is 0 Å². The average molecular weight is 217 g/mol. The lowest BCUT2D eigenvalue weighted by molar-refractivity contribution is 1.20. The third-order valence-corrected chi connectivity index (χ3v) is 3.62. The predicted molar refractivity (Wildman–Crippen MR) is 61.7 cm³/mol. The van der Waals surface area contributed by atoms with Gasteiger partial charge in [0.1, 0.15) is 0 Å². The molecule has 4 heteroatoms. The molecule has 0 aliphatic heterocycles. The van der Waals surface area contributed by atoms with E-state index in [4.69, 9.17) is 5.73 Å². The van der Waals surface area contributed by atoms with Crippen molar-refractivity contribution in [3.63, 3.8) is 0 Å². The Labute approximate surface area is 86.9 Å². The number of hydrogen-bond acceptors (Lipinski definition) is 4. The molecule has 0 amide bonds. The van der Waals surface area contributed by atoms with Gasteiger partial charge in [-0.2, -0.15) is 0 Å². The highest BCUT2D eigenvalue weighted by Gasteiger charge is 2.03. The molecule has 0 atom stereocenters. The normalized spacial score (nSPS) is 10.2. The standard InChI is InChI=1S/C8H11NS3/c1-11-7-4-8(12-2)6(10)3-5(7)9/h3-4,10H,9H2,1-2H3. The first kappa shape index (κ1) is 10.2. The molecule has 66 valence electrons. The van der Waals surface area contributed by atoms with Gasteiger partial charge in [0.15, 0.2) is 0 Å². The molecule has 0 saturated heterocycles. The summed E-state index contributed by atoms with van der Waals surface area (Å²) in [4.78, 5) is 3.26. The summed E-state index contributed by atoms with van der Waals surface area (Å²) in [5, 5.41) is 0. The second-order valence-electron chi connectivity index (χ2n) is 2.27. The molecular formula is C8H11NS3. The van der Waals surface area contributed by atoms with Crippen molar-refractivity contribution in [2.75, 3.05) is 18.2 Å². The smallest absolute Gasteiger partial charge is 0.0464 e. The van der Waals surface area contributed by atoms with E-state index in [1.807, 2.05) is 18.6 Å². The molecule has 2 N–H and O–H groups in total. The van der Waals surface area contributed by atoms with Gasteiger partial charge in [0.2, 0.25) is 0 Å². The van der Waals surface area contributed by atoms with E-state index >= 15 is 0 Å². The molecule has 0 bridgehead atoms. The van der Waals surface area contributed by atoms with E-state index in [9.17, 15) is 0 Å². The summed E-state index contributed by atoms with van der Waals surface area (Å²) in [5.74, 6) is 0. The van der Waals surface area contributed by atoms with Crippen molar-refractivity contribution in [3.8, 4) is 0 Å². The van der Waals surface area contributed by atoms with Gasteiger partial charge in [0, 0.05) is 20.4 Å². The van der Waals surface area contributed by atoms with E-state index in [2.05, 4.69) is 18.7 Å². The minimum absolute atomic E-state index is 0.810. The van der Waals surface area contributed by atoms with Gasteiger partial charge < -0.3 is 5.73 Å². The monoisotopic (exact) mass is 217 g/mol. The minimum Gasteiger partial charge on any atom is -0.398 e. The van der Waals surface area contributed by atoms with Crippen LogP contribution in [0.3, 0.4) is 0 Å². The van der Waals surface area contributed by atoms with Gasteiger partial charge in [0.05, 0.1) is 0 Å². The number of anilines is 1. The van der Waals surface area contributed by atoms with Crippen LogP contribution < -0.4 is 5.73 Å². The van der Waals surface area contributed by atoms with Crippen molar-refractivity contribution in [1.29, 1.82) is 0 Å². The Morgan fingerprint density at radius 3 is 2.25 bits per heavy atom. The van der Waals surface area contributed by atoms with Crippen LogP contribution in [0, 0.1) is 0 Å². The Morgan fingerprint density at radius 1 is 1.17 bits per heavy atom. The van der Waals surface area contributed by atoms with Gasteiger partial charge in [-0.1, -0.05) is 0 Å². The van der Waals surface area contributed by atoms with Crippen molar-refractivity contribution in [3.05, 3.63) is 12.1 Å². The second kappa shape index (κ2) is 4.35. The fourth-order valence-corrected chi connectivity index (χ4v) is 2.49.